The summed E-state index contributed by atoms with van der Waals surface area (Å²) in [5.41, 5.74) is 2.75. The van der Waals surface area contributed by atoms with Crippen LogP contribution in [-0.2, 0) is 12.8 Å². The zero-order chi connectivity index (χ0) is 12.3. The molecule has 0 aliphatic carbocycles. The fourth-order valence-electron chi connectivity index (χ4n) is 2.26. The Kier molecular flexibility index (Phi) is 7.74. The molecule has 0 spiro atoms. The lowest BCUT2D eigenvalue weighted by atomic mass is 9.99. The van der Waals surface area contributed by atoms with Crippen molar-refractivity contribution >= 4 is 0 Å². The van der Waals surface area contributed by atoms with Gasteiger partial charge >= 0.3 is 0 Å². The SMILES string of the molecule is CCCCCCCCc1ccccc1CCO. The molecule has 0 aliphatic heterocycles. The fraction of sp³-hybridized carbons (Fsp3) is 0.625. The van der Waals surface area contributed by atoms with Crippen LogP contribution in [0.25, 0.3) is 0 Å². The number of rotatable bonds is 9. The highest BCUT2D eigenvalue weighted by Crippen LogP contribution is 2.14. The molecular weight excluding hydrogens is 208 g/mol. The van der Waals surface area contributed by atoms with Crippen LogP contribution in [-0.4, -0.2) is 11.7 Å². The number of aliphatic hydroxyl groups is 1. The van der Waals surface area contributed by atoms with Gasteiger partial charge in [-0.1, -0.05) is 63.3 Å². The molecule has 1 nitrogen and oxygen atoms in total. The second kappa shape index (κ2) is 9.23. The van der Waals surface area contributed by atoms with Crippen molar-refractivity contribution in [1.29, 1.82) is 0 Å². The largest absolute Gasteiger partial charge is 0.396 e. The molecule has 17 heavy (non-hydrogen) atoms. The molecule has 0 amide bonds. The minimum absolute atomic E-state index is 0.257. The molecule has 1 rings (SSSR count). The standard InChI is InChI=1S/C16H26O/c1-2-3-4-5-6-7-10-15-11-8-9-12-16(15)13-14-17/h8-9,11-12,17H,2-7,10,13-14H2,1H3. The van der Waals surface area contributed by atoms with Gasteiger partial charge in [-0.25, -0.2) is 0 Å². The van der Waals surface area contributed by atoms with Gasteiger partial charge in [0.15, 0.2) is 0 Å². The fourth-order valence-corrected chi connectivity index (χ4v) is 2.26. The van der Waals surface area contributed by atoms with E-state index in [1.807, 2.05) is 0 Å². The Hall–Kier alpha value is -0.820. The van der Waals surface area contributed by atoms with Crippen LogP contribution in [0.15, 0.2) is 24.3 Å². The Labute approximate surface area is 106 Å². The van der Waals surface area contributed by atoms with Crippen LogP contribution < -0.4 is 0 Å². The number of hydrogen-bond donors (Lipinski definition) is 1. The minimum Gasteiger partial charge on any atom is -0.396 e. The number of unbranched alkanes of at least 4 members (excludes halogenated alkanes) is 5. The van der Waals surface area contributed by atoms with Gasteiger partial charge in [-0.05, 0) is 30.4 Å². The van der Waals surface area contributed by atoms with E-state index in [0.717, 1.165) is 6.42 Å². The summed E-state index contributed by atoms with van der Waals surface area (Å²) in [6, 6.07) is 8.52. The summed E-state index contributed by atoms with van der Waals surface area (Å²) in [6.45, 7) is 2.51. The maximum absolute atomic E-state index is 9.01. The van der Waals surface area contributed by atoms with E-state index in [1.165, 1.54) is 56.1 Å². The quantitative estimate of drug-likeness (QED) is 0.637. The average Bonchev–Trinajstić information content (AvgIpc) is 2.36. The Morgan fingerprint density at radius 2 is 1.41 bits per heavy atom. The third-order valence-corrected chi connectivity index (χ3v) is 3.30. The lowest BCUT2D eigenvalue weighted by Gasteiger charge is -2.08. The lowest BCUT2D eigenvalue weighted by Crippen LogP contribution is -1.97. The molecule has 1 heteroatoms. The second-order valence-electron chi connectivity index (χ2n) is 4.76. The van der Waals surface area contributed by atoms with Crippen molar-refractivity contribution in [1.82, 2.24) is 0 Å². The van der Waals surface area contributed by atoms with Gasteiger partial charge in [0.05, 0.1) is 0 Å². The van der Waals surface area contributed by atoms with Crippen molar-refractivity contribution in [2.75, 3.05) is 6.61 Å². The van der Waals surface area contributed by atoms with Crippen LogP contribution in [0.1, 0.15) is 56.6 Å². The number of hydrogen-bond acceptors (Lipinski definition) is 1. The van der Waals surface area contributed by atoms with Gasteiger partial charge in [0.1, 0.15) is 0 Å². The molecule has 0 saturated carbocycles. The van der Waals surface area contributed by atoms with Gasteiger partial charge in [-0.15, -0.1) is 0 Å². The van der Waals surface area contributed by atoms with Crippen LogP contribution in [0.2, 0.25) is 0 Å². The zero-order valence-electron chi connectivity index (χ0n) is 11.1. The van der Waals surface area contributed by atoms with Crippen molar-refractivity contribution in [3.05, 3.63) is 35.4 Å². The van der Waals surface area contributed by atoms with Gasteiger partial charge in [0, 0.05) is 6.61 Å². The third-order valence-electron chi connectivity index (χ3n) is 3.30. The molecule has 1 aromatic carbocycles. The van der Waals surface area contributed by atoms with Gasteiger partial charge in [-0.3, -0.25) is 0 Å². The maximum Gasteiger partial charge on any atom is 0.0471 e. The first-order valence-corrected chi connectivity index (χ1v) is 7.06. The first-order chi connectivity index (χ1) is 8.38. The van der Waals surface area contributed by atoms with Crippen molar-refractivity contribution in [2.24, 2.45) is 0 Å². The molecule has 0 unspecified atom stereocenters. The summed E-state index contributed by atoms with van der Waals surface area (Å²) in [7, 11) is 0. The number of aliphatic hydroxyl groups excluding tert-OH is 1. The molecular formula is C16H26O. The summed E-state index contributed by atoms with van der Waals surface area (Å²) in [6.07, 6.45) is 10.0. The monoisotopic (exact) mass is 234 g/mol. The highest BCUT2D eigenvalue weighted by Gasteiger charge is 2.00. The number of benzene rings is 1. The van der Waals surface area contributed by atoms with E-state index in [2.05, 4.69) is 31.2 Å². The van der Waals surface area contributed by atoms with Crippen LogP contribution in [0.4, 0.5) is 0 Å². The average molecular weight is 234 g/mol. The van der Waals surface area contributed by atoms with Crippen molar-refractivity contribution in [3.8, 4) is 0 Å². The molecule has 0 saturated heterocycles. The molecule has 1 N–H and O–H groups in total. The Bertz CT molecular complexity index is 293. The normalized spacial score (nSPS) is 10.7. The maximum atomic E-state index is 9.01. The molecule has 0 aliphatic rings. The topological polar surface area (TPSA) is 20.2 Å². The third kappa shape index (κ3) is 5.88. The van der Waals surface area contributed by atoms with E-state index in [9.17, 15) is 0 Å². The zero-order valence-corrected chi connectivity index (χ0v) is 11.1. The predicted octanol–water partition coefficient (Wildman–Crippen LogP) is 4.12. The second-order valence-corrected chi connectivity index (χ2v) is 4.76. The summed E-state index contributed by atoms with van der Waals surface area (Å²) in [5, 5.41) is 9.01. The Morgan fingerprint density at radius 3 is 2.06 bits per heavy atom. The summed E-state index contributed by atoms with van der Waals surface area (Å²) < 4.78 is 0. The van der Waals surface area contributed by atoms with Gasteiger partial charge in [0.2, 0.25) is 0 Å². The lowest BCUT2D eigenvalue weighted by molar-refractivity contribution is 0.299. The molecule has 0 bridgehead atoms. The van der Waals surface area contributed by atoms with Crippen molar-refractivity contribution < 1.29 is 5.11 Å². The molecule has 0 atom stereocenters. The summed E-state index contributed by atoms with van der Waals surface area (Å²) in [5.74, 6) is 0. The van der Waals surface area contributed by atoms with E-state index in [1.54, 1.807) is 0 Å². The smallest absolute Gasteiger partial charge is 0.0471 e. The van der Waals surface area contributed by atoms with Gasteiger partial charge in [-0.2, -0.15) is 0 Å². The van der Waals surface area contributed by atoms with Gasteiger partial charge in [0.25, 0.3) is 0 Å². The molecule has 0 radical (unpaired) electrons. The van der Waals surface area contributed by atoms with Crippen LogP contribution in [0, 0.1) is 0 Å². The number of aryl methyl sites for hydroxylation is 1. The Morgan fingerprint density at radius 1 is 0.824 bits per heavy atom. The predicted molar refractivity (Wildman–Crippen MR) is 74.3 cm³/mol. The van der Waals surface area contributed by atoms with Crippen LogP contribution in [0.3, 0.4) is 0 Å². The highest BCUT2D eigenvalue weighted by molar-refractivity contribution is 5.27. The molecule has 0 heterocycles. The van der Waals surface area contributed by atoms with E-state index in [0.29, 0.717) is 0 Å². The first-order valence-electron chi connectivity index (χ1n) is 7.06. The first kappa shape index (κ1) is 14.2. The van der Waals surface area contributed by atoms with E-state index in [4.69, 9.17) is 5.11 Å². The van der Waals surface area contributed by atoms with Crippen LogP contribution >= 0.6 is 0 Å². The van der Waals surface area contributed by atoms with Crippen molar-refractivity contribution in [3.63, 3.8) is 0 Å². The van der Waals surface area contributed by atoms with Crippen molar-refractivity contribution in [2.45, 2.75) is 58.3 Å². The summed E-state index contributed by atoms with van der Waals surface area (Å²) >= 11 is 0. The van der Waals surface area contributed by atoms with E-state index < -0.39 is 0 Å². The van der Waals surface area contributed by atoms with Crippen LogP contribution in [0.5, 0.6) is 0 Å². The van der Waals surface area contributed by atoms with E-state index in [-0.39, 0.29) is 6.61 Å². The highest BCUT2D eigenvalue weighted by atomic mass is 16.2. The molecule has 1 aromatic rings. The molecule has 96 valence electrons. The molecule has 0 fully saturated rings. The minimum atomic E-state index is 0.257. The van der Waals surface area contributed by atoms with E-state index >= 15 is 0 Å². The van der Waals surface area contributed by atoms with Gasteiger partial charge < -0.3 is 5.11 Å². The summed E-state index contributed by atoms with van der Waals surface area (Å²) in [4.78, 5) is 0. The Balaban J connectivity index is 2.25. The molecule has 0 aromatic heterocycles.